The van der Waals surface area contributed by atoms with Gasteiger partial charge in [0, 0.05) is 6.42 Å². The summed E-state index contributed by atoms with van der Waals surface area (Å²) in [5, 5.41) is 0. The smallest absolute Gasteiger partial charge is 0.184 e. The minimum absolute atomic E-state index is 0.145. The molecular formula is C11H22OSi. The molecule has 0 fully saturated rings. The largest absolute Gasteiger partial charge is 0.413 e. The maximum Gasteiger partial charge on any atom is 0.184 e. The van der Waals surface area contributed by atoms with Crippen molar-refractivity contribution in [1.82, 2.24) is 0 Å². The average Bonchev–Trinajstić information content (AvgIpc) is 1.81. The van der Waals surface area contributed by atoms with Gasteiger partial charge in [0.05, 0.1) is 6.10 Å². The second-order valence-electron chi connectivity index (χ2n) is 5.49. The first-order valence-corrected chi connectivity index (χ1v) is 8.19. The van der Waals surface area contributed by atoms with E-state index in [-0.39, 0.29) is 11.5 Å². The molecule has 1 atom stereocenters. The molecule has 0 aromatic heterocycles. The molecule has 0 bridgehead atoms. The summed E-state index contributed by atoms with van der Waals surface area (Å²) in [5.41, 5.74) is 0.145. The van der Waals surface area contributed by atoms with Gasteiger partial charge in [0.25, 0.3) is 0 Å². The second kappa shape index (κ2) is 4.30. The Kier molecular flexibility index (Phi) is 4.21. The molecule has 0 aliphatic heterocycles. The maximum atomic E-state index is 6.04. The number of hydrogen-bond donors (Lipinski definition) is 0. The van der Waals surface area contributed by atoms with E-state index in [0.717, 1.165) is 0 Å². The lowest BCUT2D eigenvalue weighted by atomic mass is 9.87. The molecule has 0 aromatic rings. The van der Waals surface area contributed by atoms with E-state index in [1.54, 1.807) is 0 Å². The molecule has 1 nitrogen and oxygen atoms in total. The highest BCUT2D eigenvalue weighted by Crippen LogP contribution is 2.27. The van der Waals surface area contributed by atoms with Gasteiger partial charge in [0.1, 0.15) is 0 Å². The van der Waals surface area contributed by atoms with Crippen molar-refractivity contribution >= 4 is 8.32 Å². The highest BCUT2D eigenvalue weighted by molar-refractivity contribution is 6.69. The van der Waals surface area contributed by atoms with Crippen LogP contribution >= 0.6 is 0 Å². The second-order valence-corrected chi connectivity index (χ2v) is 9.95. The van der Waals surface area contributed by atoms with Gasteiger partial charge in [-0.3, -0.25) is 0 Å². The lowest BCUT2D eigenvalue weighted by molar-refractivity contribution is 0.0845. The normalized spacial score (nSPS) is 15.2. The van der Waals surface area contributed by atoms with Crippen LogP contribution in [0.3, 0.4) is 0 Å². The first-order valence-electron chi connectivity index (χ1n) is 4.78. The zero-order chi connectivity index (χ0) is 10.7. The van der Waals surface area contributed by atoms with Crippen LogP contribution in [0.4, 0.5) is 0 Å². The molecule has 0 rings (SSSR count). The lowest BCUT2D eigenvalue weighted by Crippen LogP contribution is -2.39. The van der Waals surface area contributed by atoms with Crippen LogP contribution in [0.25, 0.3) is 0 Å². The van der Waals surface area contributed by atoms with Crippen LogP contribution in [0.15, 0.2) is 0 Å². The fourth-order valence-corrected chi connectivity index (χ4v) is 2.35. The predicted molar refractivity (Wildman–Crippen MR) is 61.1 cm³/mol. The molecule has 0 saturated carbocycles. The van der Waals surface area contributed by atoms with Crippen molar-refractivity contribution in [2.24, 2.45) is 5.41 Å². The molecule has 0 spiro atoms. The molecule has 0 unspecified atom stereocenters. The van der Waals surface area contributed by atoms with Crippen LogP contribution in [-0.2, 0) is 4.43 Å². The van der Waals surface area contributed by atoms with Crippen molar-refractivity contribution in [3.8, 4) is 12.3 Å². The van der Waals surface area contributed by atoms with Crippen LogP contribution in [0.5, 0.6) is 0 Å². The Hall–Kier alpha value is -0.263. The summed E-state index contributed by atoms with van der Waals surface area (Å²) >= 11 is 0. The summed E-state index contributed by atoms with van der Waals surface area (Å²) in [4.78, 5) is 0. The SMILES string of the molecule is C#CC[C@@H](O[Si](C)(C)C)C(C)(C)C. The third-order valence-corrected chi connectivity index (χ3v) is 2.76. The van der Waals surface area contributed by atoms with Crippen LogP contribution in [0.1, 0.15) is 27.2 Å². The molecule has 0 amide bonds. The number of hydrogen-bond acceptors (Lipinski definition) is 1. The van der Waals surface area contributed by atoms with Crippen molar-refractivity contribution < 1.29 is 4.43 Å². The van der Waals surface area contributed by atoms with E-state index in [0.29, 0.717) is 6.42 Å². The molecule has 0 radical (unpaired) electrons. The summed E-state index contributed by atoms with van der Waals surface area (Å²) in [6.45, 7) is 13.1. The highest BCUT2D eigenvalue weighted by Gasteiger charge is 2.29. The Morgan fingerprint density at radius 1 is 1.31 bits per heavy atom. The van der Waals surface area contributed by atoms with Crippen LogP contribution in [0.2, 0.25) is 19.6 Å². The molecule has 13 heavy (non-hydrogen) atoms. The predicted octanol–water partition coefficient (Wildman–Crippen LogP) is 3.28. The Labute approximate surface area is 84.0 Å². The van der Waals surface area contributed by atoms with E-state index >= 15 is 0 Å². The number of terminal acetylenes is 1. The molecule has 0 heterocycles. The molecule has 0 aliphatic carbocycles. The van der Waals surface area contributed by atoms with Crippen molar-refractivity contribution in [2.75, 3.05) is 0 Å². The van der Waals surface area contributed by atoms with Gasteiger partial charge in [0.2, 0.25) is 0 Å². The maximum absolute atomic E-state index is 6.04. The molecule has 0 aromatic carbocycles. The first-order chi connectivity index (χ1) is 5.67. The van der Waals surface area contributed by atoms with Crippen LogP contribution in [0, 0.1) is 17.8 Å². The summed E-state index contributed by atoms with van der Waals surface area (Å²) < 4.78 is 6.04. The van der Waals surface area contributed by atoms with E-state index < -0.39 is 8.32 Å². The van der Waals surface area contributed by atoms with Crippen LogP contribution < -0.4 is 0 Å². The summed E-state index contributed by atoms with van der Waals surface area (Å²) in [7, 11) is -1.46. The highest BCUT2D eigenvalue weighted by atomic mass is 28.4. The van der Waals surface area contributed by atoms with E-state index in [9.17, 15) is 0 Å². The van der Waals surface area contributed by atoms with E-state index in [2.05, 4.69) is 46.3 Å². The van der Waals surface area contributed by atoms with Gasteiger partial charge < -0.3 is 4.43 Å². The molecular weight excluding hydrogens is 176 g/mol. The quantitative estimate of drug-likeness (QED) is 0.499. The molecule has 0 saturated heterocycles. The Morgan fingerprint density at radius 3 is 2.00 bits per heavy atom. The minimum Gasteiger partial charge on any atom is -0.413 e. The fourth-order valence-electron chi connectivity index (χ4n) is 1.06. The third-order valence-electron chi connectivity index (χ3n) is 1.76. The molecule has 76 valence electrons. The van der Waals surface area contributed by atoms with Gasteiger partial charge in [-0.25, -0.2) is 0 Å². The minimum atomic E-state index is -1.46. The molecule has 0 aliphatic rings. The molecule has 0 N–H and O–H groups in total. The first kappa shape index (κ1) is 12.7. The van der Waals surface area contributed by atoms with Crippen molar-refractivity contribution in [1.29, 1.82) is 0 Å². The zero-order valence-corrected chi connectivity index (χ0v) is 10.8. The Bertz CT molecular complexity index is 190. The van der Waals surface area contributed by atoms with Gasteiger partial charge in [0.15, 0.2) is 8.32 Å². The monoisotopic (exact) mass is 198 g/mol. The van der Waals surface area contributed by atoms with Gasteiger partial charge in [-0.05, 0) is 25.1 Å². The Balaban J connectivity index is 4.38. The zero-order valence-electron chi connectivity index (χ0n) is 9.77. The van der Waals surface area contributed by atoms with Crippen molar-refractivity contribution in [3.63, 3.8) is 0 Å². The van der Waals surface area contributed by atoms with E-state index in [1.807, 2.05) is 0 Å². The topological polar surface area (TPSA) is 9.23 Å². The van der Waals surface area contributed by atoms with Crippen LogP contribution in [-0.4, -0.2) is 14.4 Å². The summed E-state index contributed by atoms with van der Waals surface area (Å²) in [6, 6.07) is 0. The van der Waals surface area contributed by atoms with Gasteiger partial charge >= 0.3 is 0 Å². The Morgan fingerprint density at radius 2 is 1.77 bits per heavy atom. The third kappa shape index (κ3) is 5.90. The molecule has 2 heteroatoms. The van der Waals surface area contributed by atoms with Gasteiger partial charge in [-0.1, -0.05) is 20.8 Å². The number of rotatable bonds is 3. The van der Waals surface area contributed by atoms with E-state index in [1.165, 1.54) is 0 Å². The lowest BCUT2D eigenvalue weighted by Gasteiger charge is -2.34. The summed E-state index contributed by atoms with van der Waals surface area (Å²) in [6.07, 6.45) is 6.24. The average molecular weight is 198 g/mol. The van der Waals surface area contributed by atoms with Gasteiger partial charge in [-0.15, -0.1) is 12.3 Å². The van der Waals surface area contributed by atoms with Gasteiger partial charge in [-0.2, -0.15) is 0 Å². The van der Waals surface area contributed by atoms with Crippen molar-refractivity contribution in [2.45, 2.75) is 52.9 Å². The standard InChI is InChI=1S/C11H22OSi/c1-8-9-10(11(2,3)4)12-13(5,6)7/h1,10H,9H2,2-7H3/t10-/m1/s1. The fraction of sp³-hybridized carbons (Fsp3) is 0.818. The summed E-state index contributed by atoms with van der Waals surface area (Å²) in [5.74, 6) is 2.69. The van der Waals surface area contributed by atoms with E-state index in [4.69, 9.17) is 10.8 Å². The van der Waals surface area contributed by atoms with Crippen molar-refractivity contribution in [3.05, 3.63) is 0 Å².